The van der Waals surface area contributed by atoms with Gasteiger partial charge in [-0.1, -0.05) is 6.07 Å². The number of piperidine rings is 1. The van der Waals surface area contributed by atoms with Crippen LogP contribution < -0.4 is 5.32 Å². The maximum atomic E-state index is 13.0. The first-order valence-corrected chi connectivity index (χ1v) is 10.3. The van der Waals surface area contributed by atoms with E-state index in [9.17, 15) is 14.0 Å². The molecule has 0 unspecified atom stereocenters. The van der Waals surface area contributed by atoms with Crippen molar-refractivity contribution in [2.75, 3.05) is 19.7 Å². The summed E-state index contributed by atoms with van der Waals surface area (Å²) >= 11 is 0. The van der Waals surface area contributed by atoms with Gasteiger partial charge in [0, 0.05) is 30.9 Å². The number of carbonyl (C=O) groups excluding carboxylic acids is 2. The summed E-state index contributed by atoms with van der Waals surface area (Å²) in [7, 11) is 0. The highest BCUT2D eigenvalue weighted by molar-refractivity contribution is 5.79. The largest absolute Gasteiger partial charge is 0.377 e. The number of hydrogen-bond acceptors (Lipinski definition) is 5. The molecule has 0 aromatic carbocycles. The van der Waals surface area contributed by atoms with Gasteiger partial charge in [-0.05, 0) is 37.1 Å². The highest BCUT2D eigenvalue weighted by Gasteiger charge is 2.39. The van der Waals surface area contributed by atoms with Crippen molar-refractivity contribution in [3.05, 3.63) is 59.9 Å². The number of rotatable bonds is 5. The minimum Gasteiger partial charge on any atom is -0.377 e. The lowest BCUT2D eigenvalue weighted by molar-refractivity contribution is -0.146. The molecule has 2 saturated heterocycles. The molecular weight excluding hydrogens is 387 g/mol. The van der Waals surface area contributed by atoms with Gasteiger partial charge in [-0.25, -0.2) is 4.39 Å². The van der Waals surface area contributed by atoms with E-state index in [4.69, 9.17) is 4.74 Å². The van der Waals surface area contributed by atoms with E-state index in [0.29, 0.717) is 38.4 Å². The second-order valence-electron chi connectivity index (χ2n) is 7.88. The van der Waals surface area contributed by atoms with E-state index in [1.807, 2.05) is 23.1 Å². The molecule has 0 aliphatic carbocycles. The van der Waals surface area contributed by atoms with Crippen LogP contribution in [-0.2, 0) is 27.3 Å². The van der Waals surface area contributed by atoms with Gasteiger partial charge < -0.3 is 15.0 Å². The number of carbonyl (C=O) groups is 2. The van der Waals surface area contributed by atoms with Crippen molar-refractivity contribution in [3.63, 3.8) is 0 Å². The zero-order chi connectivity index (χ0) is 20.9. The number of halogens is 1. The summed E-state index contributed by atoms with van der Waals surface area (Å²) in [6, 6.07) is 8.44. The number of ether oxygens (including phenoxy) is 1. The van der Waals surface area contributed by atoms with Gasteiger partial charge in [0.15, 0.2) is 0 Å². The SMILES string of the molecule is O=C(NCc1ccccn1)[C@@H]1CO[C@@H]2CCN(C(=O)Cc3ccc(F)cn3)C[C@@H]2C1. The van der Waals surface area contributed by atoms with Crippen LogP contribution in [-0.4, -0.2) is 52.5 Å². The van der Waals surface area contributed by atoms with Crippen LogP contribution in [0.1, 0.15) is 24.2 Å². The molecule has 1 N–H and O–H groups in total. The van der Waals surface area contributed by atoms with Crippen molar-refractivity contribution >= 4 is 11.8 Å². The molecule has 0 bridgehead atoms. The molecule has 0 radical (unpaired) electrons. The predicted octanol–water partition coefficient (Wildman–Crippen LogP) is 1.73. The quantitative estimate of drug-likeness (QED) is 0.809. The fourth-order valence-corrected chi connectivity index (χ4v) is 4.14. The van der Waals surface area contributed by atoms with E-state index in [0.717, 1.165) is 18.3 Å². The lowest BCUT2D eigenvalue weighted by atomic mass is 9.83. The topological polar surface area (TPSA) is 84.4 Å². The smallest absolute Gasteiger partial charge is 0.228 e. The van der Waals surface area contributed by atoms with Crippen molar-refractivity contribution < 1.29 is 18.7 Å². The van der Waals surface area contributed by atoms with Gasteiger partial charge in [0.2, 0.25) is 11.8 Å². The molecule has 30 heavy (non-hydrogen) atoms. The maximum Gasteiger partial charge on any atom is 0.228 e. The fourth-order valence-electron chi connectivity index (χ4n) is 4.14. The Balaban J connectivity index is 1.30. The normalized spacial score (nSPS) is 23.5. The van der Waals surface area contributed by atoms with Crippen LogP contribution in [0.2, 0.25) is 0 Å². The third kappa shape index (κ3) is 4.99. The van der Waals surface area contributed by atoms with Crippen LogP contribution in [0.15, 0.2) is 42.7 Å². The second-order valence-corrected chi connectivity index (χ2v) is 7.88. The van der Waals surface area contributed by atoms with E-state index in [1.165, 1.54) is 12.1 Å². The average molecular weight is 412 g/mol. The van der Waals surface area contributed by atoms with Crippen molar-refractivity contribution in [2.24, 2.45) is 11.8 Å². The van der Waals surface area contributed by atoms with Crippen molar-refractivity contribution in [1.82, 2.24) is 20.2 Å². The molecule has 158 valence electrons. The zero-order valence-electron chi connectivity index (χ0n) is 16.7. The molecule has 7 nitrogen and oxygen atoms in total. The fraction of sp³-hybridized carbons (Fsp3) is 0.455. The first kappa shape index (κ1) is 20.4. The van der Waals surface area contributed by atoms with Crippen LogP contribution >= 0.6 is 0 Å². The second kappa shape index (κ2) is 9.30. The number of nitrogens with one attached hydrogen (secondary N) is 1. The number of fused-ring (bicyclic) bond motifs is 1. The first-order valence-electron chi connectivity index (χ1n) is 10.3. The number of hydrogen-bond donors (Lipinski definition) is 1. The summed E-state index contributed by atoms with van der Waals surface area (Å²) in [6.07, 6.45) is 4.50. The third-order valence-corrected chi connectivity index (χ3v) is 5.78. The average Bonchev–Trinajstić information content (AvgIpc) is 2.79. The number of nitrogens with zero attached hydrogens (tertiary/aromatic N) is 3. The van der Waals surface area contributed by atoms with Gasteiger partial charge in [-0.3, -0.25) is 19.6 Å². The van der Waals surface area contributed by atoms with Crippen LogP contribution in [0.5, 0.6) is 0 Å². The molecule has 4 rings (SSSR count). The minimum atomic E-state index is -0.418. The van der Waals surface area contributed by atoms with Gasteiger partial charge in [-0.2, -0.15) is 0 Å². The Hall–Kier alpha value is -2.87. The molecule has 0 saturated carbocycles. The molecule has 2 aliphatic heterocycles. The Morgan fingerprint density at radius 1 is 1.20 bits per heavy atom. The Morgan fingerprint density at radius 2 is 2.10 bits per heavy atom. The van der Waals surface area contributed by atoms with Crippen LogP contribution in [0.4, 0.5) is 4.39 Å². The van der Waals surface area contributed by atoms with Crippen molar-refractivity contribution in [2.45, 2.75) is 31.9 Å². The highest BCUT2D eigenvalue weighted by Crippen LogP contribution is 2.31. The first-order chi connectivity index (χ1) is 14.6. The van der Waals surface area contributed by atoms with Crippen LogP contribution in [0.25, 0.3) is 0 Å². The van der Waals surface area contributed by atoms with Crippen LogP contribution in [0.3, 0.4) is 0 Å². The summed E-state index contributed by atoms with van der Waals surface area (Å²) in [4.78, 5) is 35.3. The Labute approximate surface area is 174 Å². The Kier molecular flexibility index (Phi) is 6.32. The molecule has 2 aromatic heterocycles. The van der Waals surface area contributed by atoms with Crippen molar-refractivity contribution in [1.29, 1.82) is 0 Å². The summed E-state index contributed by atoms with van der Waals surface area (Å²) in [6.45, 7) is 1.98. The van der Waals surface area contributed by atoms with Gasteiger partial charge >= 0.3 is 0 Å². The standard InChI is InChI=1S/C22H25FN4O3/c23-17-4-5-18(25-11-17)10-21(28)27-8-6-20-15(13-27)9-16(14-30-20)22(29)26-12-19-3-1-2-7-24-19/h1-5,7,11,15-16,20H,6,8-10,12-14H2,(H,26,29)/t15-,16-,20+/m0/s1. The third-order valence-electron chi connectivity index (χ3n) is 5.78. The summed E-state index contributed by atoms with van der Waals surface area (Å²) in [5.41, 5.74) is 1.36. The van der Waals surface area contributed by atoms with Gasteiger partial charge in [0.05, 0.1) is 43.5 Å². The monoisotopic (exact) mass is 412 g/mol. The molecule has 2 aliphatic rings. The van der Waals surface area contributed by atoms with E-state index in [1.54, 1.807) is 6.20 Å². The number of pyridine rings is 2. The Morgan fingerprint density at radius 3 is 2.87 bits per heavy atom. The van der Waals surface area contributed by atoms with Gasteiger partial charge in [0.1, 0.15) is 5.82 Å². The summed E-state index contributed by atoms with van der Waals surface area (Å²) in [5, 5.41) is 2.93. The number of aromatic nitrogens is 2. The highest BCUT2D eigenvalue weighted by atomic mass is 19.1. The van der Waals surface area contributed by atoms with Crippen molar-refractivity contribution in [3.8, 4) is 0 Å². The summed E-state index contributed by atoms with van der Waals surface area (Å²) < 4.78 is 19.0. The van der Waals surface area contributed by atoms with E-state index in [2.05, 4.69) is 15.3 Å². The Bertz CT molecular complexity index is 878. The number of amides is 2. The molecule has 8 heteroatoms. The maximum absolute atomic E-state index is 13.0. The summed E-state index contributed by atoms with van der Waals surface area (Å²) in [5.74, 6) is -0.599. The number of likely N-dealkylation sites (tertiary alicyclic amines) is 1. The minimum absolute atomic E-state index is 0.0331. The lowest BCUT2D eigenvalue weighted by Gasteiger charge is -2.43. The molecule has 2 fully saturated rings. The zero-order valence-corrected chi connectivity index (χ0v) is 16.7. The predicted molar refractivity (Wildman–Crippen MR) is 107 cm³/mol. The van der Waals surface area contributed by atoms with E-state index < -0.39 is 5.82 Å². The van der Waals surface area contributed by atoms with Gasteiger partial charge in [-0.15, -0.1) is 0 Å². The molecule has 2 amide bonds. The molecule has 2 aromatic rings. The van der Waals surface area contributed by atoms with Crippen LogP contribution in [0, 0.1) is 17.7 Å². The molecule has 3 atom stereocenters. The molecule has 0 spiro atoms. The van der Waals surface area contributed by atoms with Gasteiger partial charge in [0.25, 0.3) is 0 Å². The molecular formula is C22H25FN4O3. The lowest BCUT2D eigenvalue weighted by Crippen LogP contribution is -2.52. The van der Waals surface area contributed by atoms with E-state index >= 15 is 0 Å². The van der Waals surface area contributed by atoms with E-state index in [-0.39, 0.29) is 36.2 Å². The molecule has 4 heterocycles.